The molecule has 5 heteroatoms. The van der Waals surface area contributed by atoms with E-state index in [1.54, 1.807) is 11.2 Å². The second-order valence-electron chi connectivity index (χ2n) is 5.19. The minimum atomic E-state index is -0.492. The number of carbonyl (C=O) groups is 1. The fourth-order valence-corrected chi connectivity index (χ4v) is 2.84. The van der Waals surface area contributed by atoms with Gasteiger partial charge in [-0.25, -0.2) is 4.98 Å². The van der Waals surface area contributed by atoms with Crippen LogP contribution in [0.2, 0.25) is 0 Å². The molecule has 2 N–H and O–H groups in total. The van der Waals surface area contributed by atoms with Gasteiger partial charge in [0.1, 0.15) is 11.8 Å². The van der Waals surface area contributed by atoms with Gasteiger partial charge in [0.05, 0.1) is 17.4 Å². The zero-order valence-corrected chi connectivity index (χ0v) is 11.6. The Bertz CT molecular complexity index is 883. The summed E-state index contributed by atoms with van der Waals surface area (Å²) in [5.41, 5.74) is 3.27. The molecule has 0 aliphatic carbocycles. The summed E-state index contributed by atoms with van der Waals surface area (Å²) < 4.78 is 0. The number of rotatable bonds is 2. The second kappa shape index (κ2) is 4.73. The minimum absolute atomic E-state index is 0.0564. The maximum atomic E-state index is 12.3. The van der Waals surface area contributed by atoms with Gasteiger partial charge in [-0.05, 0) is 23.8 Å². The number of anilines is 1. The van der Waals surface area contributed by atoms with Crippen LogP contribution in [0.3, 0.4) is 0 Å². The Balaban J connectivity index is 1.82. The highest BCUT2D eigenvalue weighted by atomic mass is 16.3. The fourth-order valence-electron chi connectivity index (χ4n) is 2.84. The molecule has 1 aromatic heterocycles. The standard InChI is InChI=1S/C17H13N3O2/c21-15-9-16(22)20(17(15)11-4-2-1-3-5-11)12-6-7-13-14(8-12)19-10-18-13/h1-10,17,21H,(H,18,19). The number of amides is 1. The molecule has 2 heterocycles. The first-order valence-electron chi connectivity index (χ1n) is 6.96. The number of benzene rings is 2. The Hall–Kier alpha value is -3.08. The van der Waals surface area contributed by atoms with Crippen molar-refractivity contribution in [2.45, 2.75) is 6.04 Å². The number of fused-ring (bicyclic) bond motifs is 1. The van der Waals surface area contributed by atoms with Crippen LogP contribution < -0.4 is 4.90 Å². The van der Waals surface area contributed by atoms with Gasteiger partial charge in [0.15, 0.2) is 0 Å². The van der Waals surface area contributed by atoms with Crippen molar-refractivity contribution >= 4 is 22.6 Å². The number of H-pyrrole nitrogens is 1. The summed E-state index contributed by atoms with van der Waals surface area (Å²) in [5, 5.41) is 10.2. The normalized spacial score (nSPS) is 18.0. The number of nitrogens with zero attached hydrogens (tertiary/aromatic N) is 2. The summed E-state index contributed by atoms with van der Waals surface area (Å²) in [6.07, 6.45) is 2.89. The van der Waals surface area contributed by atoms with Gasteiger partial charge in [-0.1, -0.05) is 30.3 Å². The molecule has 1 unspecified atom stereocenters. The highest BCUT2D eigenvalue weighted by Gasteiger charge is 2.35. The molecule has 0 bridgehead atoms. The maximum Gasteiger partial charge on any atom is 0.255 e. The van der Waals surface area contributed by atoms with Gasteiger partial charge in [-0.3, -0.25) is 9.69 Å². The molecule has 2 aromatic carbocycles. The number of aromatic amines is 1. The smallest absolute Gasteiger partial charge is 0.255 e. The molecule has 0 saturated carbocycles. The van der Waals surface area contributed by atoms with Crippen molar-refractivity contribution in [1.82, 2.24) is 9.97 Å². The van der Waals surface area contributed by atoms with Crippen molar-refractivity contribution in [3.8, 4) is 0 Å². The van der Waals surface area contributed by atoms with Crippen molar-refractivity contribution in [1.29, 1.82) is 0 Å². The zero-order chi connectivity index (χ0) is 15.1. The molecule has 0 radical (unpaired) electrons. The average molecular weight is 291 g/mol. The Morgan fingerprint density at radius 2 is 1.95 bits per heavy atom. The van der Waals surface area contributed by atoms with E-state index in [0.29, 0.717) is 0 Å². The second-order valence-corrected chi connectivity index (χ2v) is 5.19. The van der Waals surface area contributed by atoms with Crippen LogP contribution in [-0.4, -0.2) is 21.0 Å². The molecule has 5 nitrogen and oxygen atoms in total. The molecule has 0 saturated heterocycles. The first-order chi connectivity index (χ1) is 10.7. The lowest BCUT2D eigenvalue weighted by Gasteiger charge is -2.26. The summed E-state index contributed by atoms with van der Waals surface area (Å²) in [4.78, 5) is 21.1. The number of nitrogens with one attached hydrogen (secondary N) is 1. The van der Waals surface area contributed by atoms with E-state index in [1.807, 2.05) is 48.5 Å². The minimum Gasteiger partial charge on any atom is -0.510 e. The van der Waals surface area contributed by atoms with E-state index < -0.39 is 6.04 Å². The lowest BCUT2D eigenvalue weighted by atomic mass is 10.0. The molecule has 4 rings (SSSR count). The van der Waals surface area contributed by atoms with Gasteiger partial charge >= 0.3 is 0 Å². The molecular weight excluding hydrogens is 278 g/mol. The lowest BCUT2D eigenvalue weighted by Crippen LogP contribution is -2.29. The Morgan fingerprint density at radius 3 is 2.77 bits per heavy atom. The lowest BCUT2D eigenvalue weighted by molar-refractivity contribution is -0.113. The van der Waals surface area contributed by atoms with E-state index in [9.17, 15) is 9.90 Å². The Labute approximate surface area is 126 Å². The topological polar surface area (TPSA) is 69.2 Å². The molecule has 1 aliphatic heterocycles. The molecule has 3 aromatic rings. The molecule has 1 aliphatic rings. The summed E-state index contributed by atoms with van der Waals surface area (Å²) in [6, 6.07) is 14.5. The van der Waals surface area contributed by atoms with Crippen molar-refractivity contribution in [2.24, 2.45) is 0 Å². The number of carbonyl (C=O) groups excluding carboxylic acids is 1. The maximum absolute atomic E-state index is 12.3. The first-order valence-corrected chi connectivity index (χ1v) is 6.96. The third kappa shape index (κ3) is 1.87. The third-order valence-corrected chi connectivity index (χ3v) is 3.84. The van der Waals surface area contributed by atoms with Crippen LogP contribution in [0.1, 0.15) is 11.6 Å². The van der Waals surface area contributed by atoms with Gasteiger partial charge < -0.3 is 10.1 Å². The molecular formula is C17H13N3O2. The predicted octanol–water partition coefficient (Wildman–Crippen LogP) is 3.09. The van der Waals surface area contributed by atoms with E-state index in [1.165, 1.54) is 6.08 Å². The van der Waals surface area contributed by atoms with Gasteiger partial charge in [0.25, 0.3) is 5.91 Å². The van der Waals surface area contributed by atoms with Crippen molar-refractivity contribution in [3.63, 3.8) is 0 Å². The predicted molar refractivity (Wildman–Crippen MR) is 83.5 cm³/mol. The number of aliphatic hydroxyl groups is 1. The number of hydrogen-bond acceptors (Lipinski definition) is 3. The summed E-state index contributed by atoms with van der Waals surface area (Å²) in [6.45, 7) is 0. The van der Waals surface area contributed by atoms with Crippen LogP contribution in [0.15, 0.2) is 66.7 Å². The van der Waals surface area contributed by atoms with Crippen molar-refractivity contribution in [2.75, 3.05) is 4.90 Å². The molecule has 0 fully saturated rings. The van der Waals surface area contributed by atoms with Crippen LogP contribution in [0.5, 0.6) is 0 Å². The number of aromatic nitrogens is 2. The van der Waals surface area contributed by atoms with Crippen molar-refractivity contribution < 1.29 is 9.90 Å². The summed E-state index contributed by atoms with van der Waals surface area (Å²) in [7, 11) is 0. The highest BCUT2D eigenvalue weighted by Crippen LogP contribution is 2.37. The summed E-state index contributed by atoms with van der Waals surface area (Å²) >= 11 is 0. The molecule has 108 valence electrons. The van der Waals surface area contributed by atoms with E-state index in [-0.39, 0.29) is 11.7 Å². The SMILES string of the molecule is O=C1C=C(O)C(c2ccccc2)N1c1ccc2nc[nH]c2c1. The Kier molecular flexibility index (Phi) is 2.72. The molecule has 1 atom stereocenters. The third-order valence-electron chi connectivity index (χ3n) is 3.84. The fraction of sp³-hybridized carbons (Fsp3) is 0.0588. The molecule has 22 heavy (non-hydrogen) atoms. The van der Waals surface area contributed by atoms with Crippen LogP contribution in [-0.2, 0) is 4.79 Å². The van der Waals surface area contributed by atoms with E-state index in [4.69, 9.17) is 0 Å². The van der Waals surface area contributed by atoms with Crippen LogP contribution in [0, 0.1) is 0 Å². The van der Waals surface area contributed by atoms with Crippen LogP contribution >= 0.6 is 0 Å². The number of imidazole rings is 1. The first kappa shape index (κ1) is 12.6. The van der Waals surface area contributed by atoms with Gasteiger partial charge in [0, 0.05) is 11.8 Å². The quantitative estimate of drug-likeness (QED) is 0.762. The van der Waals surface area contributed by atoms with Crippen LogP contribution in [0.4, 0.5) is 5.69 Å². The molecule has 0 spiro atoms. The van der Waals surface area contributed by atoms with E-state index in [0.717, 1.165) is 22.3 Å². The average Bonchev–Trinajstić information content (AvgIpc) is 3.11. The zero-order valence-electron chi connectivity index (χ0n) is 11.6. The van der Waals surface area contributed by atoms with Gasteiger partial charge in [-0.2, -0.15) is 0 Å². The van der Waals surface area contributed by atoms with Crippen molar-refractivity contribution in [3.05, 3.63) is 72.3 Å². The highest BCUT2D eigenvalue weighted by molar-refractivity contribution is 6.06. The Morgan fingerprint density at radius 1 is 1.14 bits per heavy atom. The molecule has 1 amide bonds. The monoisotopic (exact) mass is 291 g/mol. The van der Waals surface area contributed by atoms with Crippen LogP contribution in [0.25, 0.3) is 11.0 Å². The largest absolute Gasteiger partial charge is 0.510 e. The van der Waals surface area contributed by atoms with E-state index >= 15 is 0 Å². The summed E-state index contributed by atoms with van der Waals surface area (Å²) in [5.74, 6) is -0.175. The number of hydrogen-bond donors (Lipinski definition) is 2. The number of aliphatic hydroxyl groups excluding tert-OH is 1. The van der Waals surface area contributed by atoms with Gasteiger partial charge in [0.2, 0.25) is 0 Å². The van der Waals surface area contributed by atoms with Gasteiger partial charge in [-0.15, -0.1) is 0 Å². The van der Waals surface area contributed by atoms with E-state index in [2.05, 4.69) is 9.97 Å².